The molecular weight excluding hydrogens is 366 g/mol. The van der Waals surface area contributed by atoms with Gasteiger partial charge in [0, 0.05) is 33.4 Å². The Balaban J connectivity index is 2.11. The third-order valence-corrected chi connectivity index (χ3v) is 5.15. The minimum absolute atomic E-state index is 0.112. The second-order valence-corrected chi connectivity index (χ2v) is 7.54. The predicted octanol–water partition coefficient (Wildman–Crippen LogP) is 2.58. The van der Waals surface area contributed by atoms with Crippen molar-refractivity contribution in [1.29, 1.82) is 0 Å². The Labute approximate surface area is 171 Å². The fourth-order valence-corrected chi connectivity index (χ4v) is 3.61. The highest BCUT2D eigenvalue weighted by atomic mass is 16.3. The van der Waals surface area contributed by atoms with E-state index in [1.165, 1.54) is 4.90 Å². The van der Waals surface area contributed by atoms with Gasteiger partial charge in [-0.15, -0.1) is 0 Å². The summed E-state index contributed by atoms with van der Waals surface area (Å²) in [5, 5.41) is 9.38. The molecule has 0 fully saturated rings. The number of rotatable bonds is 6. The second-order valence-electron chi connectivity index (χ2n) is 7.54. The Hall–Kier alpha value is -3.12. The van der Waals surface area contributed by atoms with Gasteiger partial charge in [-0.1, -0.05) is 23.8 Å². The number of nitrogens with zero attached hydrogens (tertiary/aromatic N) is 3. The van der Waals surface area contributed by atoms with E-state index in [1.54, 1.807) is 24.1 Å². The topological polar surface area (TPSA) is 64.1 Å². The van der Waals surface area contributed by atoms with Gasteiger partial charge in [-0.05, 0) is 49.2 Å². The van der Waals surface area contributed by atoms with Crippen LogP contribution in [0.2, 0.25) is 0 Å². The van der Waals surface area contributed by atoms with Gasteiger partial charge in [-0.2, -0.15) is 0 Å². The standard InChI is InChI=1S/C23H27N3O3/c1-15-6-11-19(16(2)14-15)20-21(25(5)12-13-27)23(29)26(22(20)28)18-9-7-17(8-10-18)24(3)4/h6-11,14,27H,12-13H2,1-5H3. The monoisotopic (exact) mass is 393 g/mol. The first kappa shape index (κ1) is 20.6. The molecule has 0 aliphatic carbocycles. The number of anilines is 2. The number of hydrogen-bond donors (Lipinski definition) is 1. The molecular formula is C23H27N3O3. The number of aryl methyl sites for hydroxylation is 2. The first-order valence-corrected chi connectivity index (χ1v) is 9.56. The van der Waals surface area contributed by atoms with Crippen molar-refractivity contribution in [3.8, 4) is 0 Å². The zero-order valence-corrected chi connectivity index (χ0v) is 17.6. The van der Waals surface area contributed by atoms with Crippen LogP contribution in [0.15, 0.2) is 48.2 Å². The lowest BCUT2D eigenvalue weighted by Gasteiger charge is -2.21. The molecule has 2 amide bonds. The first-order valence-electron chi connectivity index (χ1n) is 9.56. The molecule has 3 rings (SSSR count). The van der Waals surface area contributed by atoms with Crippen LogP contribution in [0.1, 0.15) is 16.7 Å². The molecule has 6 heteroatoms. The number of carbonyl (C=O) groups is 2. The Morgan fingerprint density at radius 3 is 2.14 bits per heavy atom. The van der Waals surface area contributed by atoms with Gasteiger partial charge in [0.25, 0.3) is 11.8 Å². The van der Waals surface area contributed by atoms with Gasteiger partial charge in [0.2, 0.25) is 0 Å². The van der Waals surface area contributed by atoms with Gasteiger partial charge in [-0.3, -0.25) is 9.59 Å². The number of amides is 2. The Morgan fingerprint density at radius 1 is 0.931 bits per heavy atom. The van der Waals surface area contributed by atoms with Crippen molar-refractivity contribution >= 4 is 28.8 Å². The summed E-state index contributed by atoms with van der Waals surface area (Å²) in [6, 6.07) is 13.1. The summed E-state index contributed by atoms with van der Waals surface area (Å²) < 4.78 is 0. The maximum absolute atomic E-state index is 13.4. The van der Waals surface area contributed by atoms with Crippen LogP contribution in [0.25, 0.3) is 5.57 Å². The lowest BCUT2D eigenvalue weighted by atomic mass is 9.97. The highest BCUT2D eigenvalue weighted by Gasteiger charge is 2.42. The summed E-state index contributed by atoms with van der Waals surface area (Å²) in [6.45, 7) is 4.07. The highest BCUT2D eigenvalue weighted by Crippen LogP contribution is 2.36. The van der Waals surface area contributed by atoms with E-state index in [0.717, 1.165) is 22.4 Å². The van der Waals surface area contributed by atoms with Crippen LogP contribution in [0.5, 0.6) is 0 Å². The van der Waals surface area contributed by atoms with Gasteiger partial charge < -0.3 is 14.9 Å². The molecule has 1 aliphatic heterocycles. The summed E-state index contributed by atoms with van der Waals surface area (Å²) >= 11 is 0. The molecule has 29 heavy (non-hydrogen) atoms. The van der Waals surface area contributed by atoms with Gasteiger partial charge in [0.15, 0.2) is 0 Å². The fraction of sp³-hybridized carbons (Fsp3) is 0.304. The van der Waals surface area contributed by atoms with E-state index in [1.807, 2.05) is 63.2 Å². The third-order valence-electron chi connectivity index (χ3n) is 5.15. The number of aliphatic hydroxyl groups is 1. The van der Waals surface area contributed by atoms with Crippen molar-refractivity contribution < 1.29 is 14.7 Å². The predicted molar refractivity (Wildman–Crippen MR) is 116 cm³/mol. The minimum atomic E-state index is -0.376. The molecule has 0 radical (unpaired) electrons. The Bertz CT molecular complexity index is 977. The van der Waals surface area contributed by atoms with Crippen molar-refractivity contribution in [1.82, 2.24) is 4.90 Å². The van der Waals surface area contributed by atoms with E-state index in [4.69, 9.17) is 0 Å². The molecule has 1 N–H and O–H groups in total. The van der Waals surface area contributed by atoms with E-state index < -0.39 is 0 Å². The van der Waals surface area contributed by atoms with E-state index >= 15 is 0 Å². The number of carbonyl (C=O) groups excluding carboxylic acids is 2. The molecule has 6 nitrogen and oxygen atoms in total. The normalized spacial score (nSPS) is 14.1. The van der Waals surface area contributed by atoms with Crippen LogP contribution in [0.4, 0.5) is 11.4 Å². The number of benzene rings is 2. The van der Waals surface area contributed by atoms with Crippen molar-refractivity contribution in [2.45, 2.75) is 13.8 Å². The molecule has 152 valence electrons. The van der Waals surface area contributed by atoms with Crippen molar-refractivity contribution in [3.63, 3.8) is 0 Å². The number of likely N-dealkylation sites (N-methyl/N-ethyl adjacent to an activating group) is 1. The SMILES string of the molecule is Cc1ccc(C2=C(N(C)CCO)C(=O)N(c3ccc(N(C)C)cc3)C2=O)c(C)c1. The summed E-state index contributed by atoms with van der Waals surface area (Å²) in [5.41, 5.74) is 4.95. The summed E-state index contributed by atoms with van der Waals surface area (Å²) in [4.78, 5) is 31.6. The zero-order valence-electron chi connectivity index (χ0n) is 17.6. The largest absolute Gasteiger partial charge is 0.395 e. The van der Waals surface area contributed by atoms with Crippen LogP contribution in [0.3, 0.4) is 0 Å². The summed E-state index contributed by atoms with van der Waals surface area (Å²) in [6.07, 6.45) is 0. The van der Waals surface area contributed by atoms with Gasteiger partial charge >= 0.3 is 0 Å². The van der Waals surface area contributed by atoms with E-state index in [-0.39, 0.29) is 25.0 Å². The molecule has 2 aromatic rings. The molecule has 0 aromatic heterocycles. The van der Waals surface area contributed by atoms with Crippen LogP contribution in [0, 0.1) is 13.8 Å². The molecule has 1 aliphatic rings. The fourth-order valence-electron chi connectivity index (χ4n) is 3.61. The molecule has 0 spiro atoms. The smallest absolute Gasteiger partial charge is 0.282 e. The average molecular weight is 393 g/mol. The molecule has 0 saturated carbocycles. The van der Waals surface area contributed by atoms with E-state index in [0.29, 0.717) is 17.0 Å². The van der Waals surface area contributed by atoms with Crippen molar-refractivity contribution in [3.05, 3.63) is 64.9 Å². The maximum Gasteiger partial charge on any atom is 0.282 e. The van der Waals surface area contributed by atoms with Crippen molar-refractivity contribution in [2.24, 2.45) is 0 Å². The third kappa shape index (κ3) is 3.76. The summed E-state index contributed by atoms with van der Waals surface area (Å²) in [5.74, 6) is -0.724. The first-order chi connectivity index (χ1) is 13.8. The van der Waals surface area contributed by atoms with E-state index in [2.05, 4.69) is 0 Å². The molecule has 1 heterocycles. The molecule has 0 atom stereocenters. The lowest BCUT2D eigenvalue weighted by Crippen LogP contribution is -2.34. The Kier molecular flexibility index (Phi) is 5.75. The average Bonchev–Trinajstić information content (AvgIpc) is 2.92. The number of aliphatic hydroxyl groups excluding tert-OH is 1. The maximum atomic E-state index is 13.4. The zero-order chi connectivity index (χ0) is 21.3. The van der Waals surface area contributed by atoms with Crippen LogP contribution in [-0.4, -0.2) is 56.1 Å². The quantitative estimate of drug-likeness (QED) is 0.765. The van der Waals surface area contributed by atoms with Gasteiger partial charge in [-0.25, -0.2) is 4.90 Å². The Morgan fingerprint density at radius 2 is 1.59 bits per heavy atom. The lowest BCUT2D eigenvalue weighted by molar-refractivity contribution is -0.120. The van der Waals surface area contributed by atoms with Crippen LogP contribution >= 0.6 is 0 Å². The van der Waals surface area contributed by atoms with Crippen LogP contribution < -0.4 is 9.80 Å². The molecule has 0 bridgehead atoms. The second kappa shape index (κ2) is 8.09. The van der Waals surface area contributed by atoms with E-state index in [9.17, 15) is 14.7 Å². The molecule has 2 aromatic carbocycles. The molecule has 0 unspecified atom stereocenters. The summed E-state index contributed by atoms with van der Waals surface area (Å²) in [7, 11) is 5.59. The number of imide groups is 1. The molecule has 0 saturated heterocycles. The minimum Gasteiger partial charge on any atom is -0.395 e. The van der Waals surface area contributed by atoms with Crippen molar-refractivity contribution in [2.75, 3.05) is 44.1 Å². The van der Waals surface area contributed by atoms with Gasteiger partial charge in [0.05, 0.1) is 17.9 Å². The highest BCUT2D eigenvalue weighted by molar-refractivity contribution is 6.45. The van der Waals surface area contributed by atoms with Gasteiger partial charge in [0.1, 0.15) is 5.70 Å². The number of hydrogen-bond acceptors (Lipinski definition) is 5. The van der Waals surface area contributed by atoms with Crippen LogP contribution in [-0.2, 0) is 9.59 Å².